The lowest BCUT2D eigenvalue weighted by Gasteiger charge is -2.29. The minimum absolute atomic E-state index is 0.0710. The first-order chi connectivity index (χ1) is 10.7. The van der Waals surface area contributed by atoms with Gasteiger partial charge in [0, 0.05) is 16.9 Å². The summed E-state index contributed by atoms with van der Waals surface area (Å²) in [5.41, 5.74) is 0.166. The molecule has 6 nitrogen and oxygen atoms in total. The highest BCUT2D eigenvalue weighted by Gasteiger charge is 2.28. The Hall–Kier alpha value is -1.60. The molecule has 0 spiro atoms. The molecule has 2 rings (SSSR count). The van der Waals surface area contributed by atoms with Crippen molar-refractivity contribution in [2.75, 3.05) is 6.61 Å². The van der Waals surface area contributed by atoms with Crippen LogP contribution in [0, 0.1) is 0 Å². The molecule has 23 heavy (non-hydrogen) atoms. The van der Waals surface area contributed by atoms with E-state index in [1.165, 1.54) is 6.07 Å². The molecule has 0 unspecified atom stereocenters. The van der Waals surface area contributed by atoms with E-state index in [4.69, 9.17) is 20.2 Å². The Kier molecular flexibility index (Phi) is 5.31. The molecule has 0 bridgehead atoms. The molecule has 1 atom stereocenters. The Bertz CT molecular complexity index is 629. The fraction of sp³-hybridized carbons (Fsp3) is 0.467. The summed E-state index contributed by atoms with van der Waals surface area (Å²) in [5.74, 6) is -0.647. The number of nitrogens with one attached hydrogen (secondary N) is 1. The van der Waals surface area contributed by atoms with Crippen LogP contribution < -0.4 is 10.1 Å². The summed E-state index contributed by atoms with van der Waals surface area (Å²) in [7, 11) is 6.58. The number of benzene rings is 1. The van der Waals surface area contributed by atoms with Crippen LogP contribution in [0.1, 0.15) is 49.2 Å². The molecule has 0 fully saturated rings. The average Bonchev–Trinajstić information content (AvgIpc) is 2.44. The van der Waals surface area contributed by atoms with E-state index < -0.39 is 17.7 Å². The van der Waals surface area contributed by atoms with Gasteiger partial charge in [0.05, 0.1) is 18.2 Å². The molecule has 2 N–H and O–H groups in total. The standard InChI is InChI=1S/C15H18ClNO5S/c1-15(2,3)22-14(20)17-10-4-5-21-11-6-9(13(18)19)12(23-16)7-8(10)11/h6-7,10H,4-5H2,1-3H3,(H,17,20)(H,18,19)/t10-/m0/s1. The second-order valence-electron chi connectivity index (χ2n) is 6.10. The molecule has 1 aromatic rings. The molecule has 126 valence electrons. The summed E-state index contributed by atoms with van der Waals surface area (Å²) in [5, 5.41) is 12.0. The van der Waals surface area contributed by atoms with Gasteiger partial charge in [-0.3, -0.25) is 0 Å². The van der Waals surface area contributed by atoms with Crippen LogP contribution in [0.4, 0.5) is 4.79 Å². The fourth-order valence-corrected chi connectivity index (χ4v) is 3.03. The van der Waals surface area contributed by atoms with Gasteiger partial charge in [0.1, 0.15) is 11.4 Å². The SMILES string of the molecule is CC(C)(C)OC(=O)N[C@H]1CCOc2cc(C(=O)O)c(SCl)cc21. The minimum atomic E-state index is -1.08. The lowest BCUT2D eigenvalue weighted by Crippen LogP contribution is -2.36. The topological polar surface area (TPSA) is 84.9 Å². The molecule has 1 aromatic carbocycles. The summed E-state index contributed by atoms with van der Waals surface area (Å²) in [6, 6.07) is 2.75. The number of carbonyl (C=O) groups is 2. The highest BCUT2D eigenvalue weighted by atomic mass is 35.7. The Morgan fingerprint density at radius 1 is 1.43 bits per heavy atom. The third-order valence-corrected chi connectivity index (χ3v) is 4.16. The Balaban J connectivity index is 2.28. The van der Waals surface area contributed by atoms with Crippen LogP contribution in [0.15, 0.2) is 17.0 Å². The van der Waals surface area contributed by atoms with Crippen molar-refractivity contribution in [2.45, 2.75) is 43.7 Å². The molecule has 0 radical (unpaired) electrons. The van der Waals surface area contributed by atoms with Crippen molar-refractivity contribution in [1.82, 2.24) is 5.32 Å². The lowest BCUT2D eigenvalue weighted by atomic mass is 9.99. The smallest absolute Gasteiger partial charge is 0.408 e. The number of amides is 1. The van der Waals surface area contributed by atoms with Gasteiger partial charge >= 0.3 is 12.1 Å². The van der Waals surface area contributed by atoms with Gasteiger partial charge in [0.15, 0.2) is 0 Å². The van der Waals surface area contributed by atoms with Crippen molar-refractivity contribution in [1.29, 1.82) is 0 Å². The van der Waals surface area contributed by atoms with Crippen LogP contribution >= 0.6 is 21.7 Å². The third kappa shape index (κ3) is 4.45. The number of hydrogen-bond acceptors (Lipinski definition) is 5. The number of hydrogen-bond donors (Lipinski definition) is 2. The van der Waals surface area contributed by atoms with E-state index in [2.05, 4.69) is 5.32 Å². The van der Waals surface area contributed by atoms with Crippen LogP contribution in [-0.4, -0.2) is 29.4 Å². The maximum atomic E-state index is 12.0. The van der Waals surface area contributed by atoms with E-state index in [0.29, 0.717) is 29.2 Å². The number of ether oxygens (including phenoxy) is 2. The van der Waals surface area contributed by atoms with E-state index >= 15 is 0 Å². The first kappa shape index (κ1) is 17.7. The van der Waals surface area contributed by atoms with Crippen LogP contribution in [0.5, 0.6) is 5.75 Å². The van der Waals surface area contributed by atoms with Crippen molar-refractivity contribution in [3.05, 3.63) is 23.3 Å². The van der Waals surface area contributed by atoms with Crippen molar-refractivity contribution in [3.8, 4) is 5.75 Å². The molecule has 8 heteroatoms. The van der Waals surface area contributed by atoms with Gasteiger partial charge in [0.25, 0.3) is 0 Å². The highest BCUT2D eigenvalue weighted by molar-refractivity contribution is 8.21. The fourth-order valence-electron chi connectivity index (χ4n) is 2.25. The van der Waals surface area contributed by atoms with E-state index in [-0.39, 0.29) is 11.6 Å². The number of alkyl carbamates (subject to hydrolysis) is 1. The number of carboxylic acids is 1. The molecule has 0 saturated heterocycles. The number of carbonyl (C=O) groups excluding carboxylic acids is 1. The number of carboxylic acid groups (broad SMARTS) is 1. The Morgan fingerprint density at radius 2 is 2.13 bits per heavy atom. The monoisotopic (exact) mass is 359 g/mol. The zero-order chi connectivity index (χ0) is 17.2. The summed E-state index contributed by atoms with van der Waals surface area (Å²) < 4.78 is 10.8. The van der Waals surface area contributed by atoms with Crippen LogP contribution in [0.25, 0.3) is 0 Å². The molecular formula is C15H18ClNO5S. The van der Waals surface area contributed by atoms with Gasteiger partial charge < -0.3 is 19.9 Å². The van der Waals surface area contributed by atoms with Gasteiger partial charge in [-0.2, -0.15) is 0 Å². The molecule has 1 aliphatic heterocycles. The van der Waals surface area contributed by atoms with Gasteiger partial charge in [-0.15, -0.1) is 0 Å². The Labute approximate surface area is 143 Å². The molecular weight excluding hydrogens is 342 g/mol. The Morgan fingerprint density at radius 3 is 2.70 bits per heavy atom. The van der Waals surface area contributed by atoms with E-state index in [9.17, 15) is 14.7 Å². The first-order valence-electron chi connectivity index (χ1n) is 7.03. The predicted molar refractivity (Wildman–Crippen MR) is 87.3 cm³/mol. The molecule has 0 aromatic heterocycles. The van der Waals surface area contributed by atoms with Crippen molar-refractivity contribution in [2.24, 2.45) is 0 Å². The highest BCUT2D eigenvalue weighted by Crippen LogP contribution is 2.38. The largest absolute Gasteiger partial charge is 0.493 e. The zero-order valence-corrected chi connectivity index (χ0v) is 14.6. The zero-order valence-electron chi connectivity index (χ0n) is 13.0. The number of rotatable bonds is 3. The van der Waals surface area contributed by atoms with E-state index in [0.717, 1.165) is 11.0 Å². The van der Waals surface area contributed by atoms with Crippen molar-refractivity contribution >= 4 is 33.7 Å². The normalized spacial score (nSPS) is 17.0. The van der Waals surface area contributed by atoms with Crippen LogP contribution in [0.3, 0.4) is 0 Å². The van der Waals surface area contributed by atoms with Crippen LogP contribution in [0.2, 0.25) is 0 Å². The van der Waals surface area contributed by atoms with Crippen LogP contribution in [-0.2, 0) is 4.74 Å². The second-order valence-corrected chi connectivity index (χ2v) is 7.16. The summed E-state index contributed by atoms with van der Waals surface area (Å²) in [6.07, 6.45) is 0.0307. The van der Waals surface area contributed by atoms with Gasteiger partial charge in [0.2, 0.25) is 0 Å². The van der Waals surface area contributed by atoms with E-state index in [1.54, 1.807) is 26.8 Å². The summed E-state index contributed by atoms with van der Waals surface area (Å²) in [4.78, 5) is 23.6. The predicted octanol–water partition coefficient (Wildman–Crippen LogP) is 3.98. The lowest BCUT2D eigenvalue weighted by molar-refractivity contribution is 0.0489. The number of fused-ring (bicyclic) bond motifs is 1. The van der Waals surface area contributed by atoms with Crippen molar-refractivity contribution < 1.29 is 24.2 Å². The summed E-state index contributed by atoms with van der Waals surface area (Å²) >= 11 is 0. The number of aromatic carboxylic acids is 1. The maximum Gasteiger partial charge on any atom is 0.408 e. The maximum absolute atomic E-state index is 12.0. The molecule has 1 heterocycles. The molecule has 0 saturated carbocycles. The quantitative estimate of drug-likeness (QED) is 0.849. The van der Waals surface area contributed by atoms with Crippen molar-refractivity contribution in [3.63, 3.8) is 0 Å². The minimum Gasteiger partial charge on any atom is -0.493 e. The molecule has 1 aliphatic rings. The third-order valence-electron chi connectivity index (χ3n) is 3.16. The van der Waals surface area contributed by atoms with Gasteiger partial charge in [-0.1, -0.05) is 0 Å². The molecule has 0 aliphatic carbocycles. The molecule has 1 amide bonds. The number of halogens is 1. The second kappa shape index (κ2) is 6.88. The first-order valence-corrected chi connectivity index (χ1v) is 8.67. The van der Waals surface area contributed by atoms with Gasteiger partial charge in [-0.25, -0.2) is 9.59 Å². The summed E-state index contributed by atoms with van der Waals surface area (Å²) in [6.45, 7) is 5.73. The van der Waals surface area contributed by atoms with E-state index in [1.807, 2.05) is 0 Å². The average molecular weight is 360 g/mol. The van der Waals surface area contributed by atoms with Gasteiger partial charge in [-0.05, 0) is 54.6 Å².